The Morgan fingerprint density at radius 1 is 0.405 bits per heavy atom. The monoisotopic (exact) mass is 538 g/mol. The van der Waals surface area contributed by atoms with E-state index in [2.05, 4.69) is 12.1 Å². The van der Waals surface area contributed by atoms with E-state index < -0.39 is 0 Å². The smallest absolute Gasteiger partial charge is 0.136 e. The minimum Gasteiger partial charge on any atom is -0.457 e. The molecule has 0 unspecified atom stereocenters. The standard InChI is InChI=1S/C36H18N4O2/c37-19-25-9-13-29(17-27(25)21-39)41-33-15-11-23-5-1-3-7-31(23)35(33)36-32-8-4-2-6-24(32)12-16-34(36)42-30-14-10-26(20-38)28(18-30)22-40/h1-18H. The van der Waals surface area contributed by atoms with E-state index in [0.717, 1.165) is 32.7 Å². The van der Waals surface area contributed by atoms with Crippen molar-refractivity contribution in [2.45, 2.75) is 0 Å². The Morgan fingerprint density at radius 2 is 0.810 bits per heavy atom. The van der Waals surface area contributed by atoms with Crippen LogP contribution in [-0.2, 0) is 0 Å². The van der Waals surface area contributed by atoms with Crippen molar-refractivity contribution in [3.8, 4) is 58.4 Å². The highest BCUT2D eigenvalue weighted by molar-refractivity contribution is 6.10. The van der Waals surface area contributed by atoms with E-state index in [1.54, 1.807) is 36.4 Å². The second-order valence-corrected chi connectivity index (χ2v) is 9.39. The van der Waals surface area contributed by atoms with Crippen LogP contribution in [0.15, 0.2) is 109 Å². The SMILES string of the molecule is N#Cc1ccc(Oc2ccc3ccccc3c2-c2c(Oc3ccc(C#N)c(C#N)c3)ccc3ccccc23)cc1C#N. The van der Waals surface area contributed by atoms with E-state index in [4.69, 9.17) is 9.47 Å². The van der Waals surface area contributed by atoms with Crippen LogP contribution in [0.1, 0.15) is 22.3 Å². The van der Waals surface area contributed by atoms with Gasteiger partial charge < -0.3 is 9.47 Å². The lowest BCUT2D eigenvalue weighted by Crippen LogP contribution is -1.96. The fourth-order valence-corrected chi connectivity index (χ4v) is 5.00. The molecule has 0 saturated carbocycles. The number of nitriles is 4. The number of benzene rings is 6. The first kappa shape index (κ1) is 25.7. The molecule has 0 aliphatic rings. The molecule has 0 atom stereocenters. The van der Waals surface area contributed by atoms with Crippen molar-refractivity contribution < 1.29 is 9.47 Å². The second kappa shape index (κ2) is 10.9. The van der Waals surface area contributed by atoms with Crippen LogP contribution in [0.4, 0.5) is 0 Å². The molecule has 6 heteroatoms. The van der Waals surface area contributed by atoms with Gasteiger partial charge in [-0.15, -0.1) is 0 Å². The third-order valence-electron chi connectivity index (χ3n) is 6.95. The van der Waals surface area contributed by atoms with Crippen LogP contribution in [-0.4, -0.2) is 0 Å². The quantitative estimate of drug-likeness (QED) is 0.217. The van der Waals surface area contributed by atoms with Crippen molar-refractivity contribution in [3.63, 3.8) is 0 Å². The summed E-state index contributed by atoms with van der Waals surface area (Å²) in [5, 5.41) is 41.7. The zero-order valence-corrected chi connectivity index (χ0v) is 22.0. The molecule has 0 fully saturated rings. The van der Waals surface area contributed by atoms with Gasteiger partial charge in [0, 0.05) is 11.1 Å². The molecule has 42 heavy (non-hydrogen) atoms. The highest BCUT2D eigenvalue weighted by Crippen LogP contribution is 2.47. The molecular weight excluding hydrogens is 520 g/mol. The Balaban J connectivity index is 1.61. The van der Waals surface area contributed by atoms with Crippen LogP contribution in [0.25, 0.3) is 32.7 Å². The molecular formula is C36H18N4O2. The summed E-state index contributed by atoms with van der Waals surface area (Å²) in [4.78, 5) is 0. The Kier molecular flexibility index (Phi) is 6.65. The highest BCUT2D eigenvalue weighted by Gasteiger charge is 2.20. The molecule has 6 aromatic carbocycles. The van der Waals surface area contributed by atoms with Gasteiger partial charge in [0.15, 0.2) is 0 Å². The molecule has 0 radical (unpaired) electrons. The van der Waals surface area contributed by atoms with Crippen LogP contribution in [0, 0.1) is 45.3 Å². The molecule has 0 aromatic heterocycles. The minimum atomic E-state index is 0.223. The number of hydrogen-bond donors (Lipinski definition) is 0. The fraction of sp³-hybridized carbons (Fsp3) is 0. The molecule has 6 aromatic rings. The summed E-state index contributed by atoms with van der Waals surface area (Å²) >= 11 is 0. The van der Waals surface area contributed by atoms with E-state index in [0.29, 0.717) is 23.0 Å². The number of nitrogens with zero attached hydrogens (tertiary/aromatic N) is 4. The first-order valence-corrected chi connectivity index (χ1v) is 12.9. The first-order chi connectivity index (χ1) is 20.6. The summed E-state index contributed by atoms with van der Waals surface area (Å²) in [7, 11) is 0. The van der Waals surface area contributed by atoms with Crippen molar-refractivity contribution in [3.05, 3.63) is 131 Å². The number of fused-ring (bicyclic) bond motifs is 2. The molecule has 0 saturated heterocycles. The van der Waals surface area contributed by atoms with Crippen molar-refractivity contribution in [1.82, 2.24) is 0 Å². The van der Waals surface area contributed by atoms with Gasteiger partial charge in [0.1, 0.15) is 47.3 Å². The van der Waals surface area contributed by atoms with Gasteiger partial charge in [-0.3, -0.25) is 0 Å². The predicted octanol–water partition coefficient (Wildman–Crippen LogP) is 8.73. The minimum absolute atomic E-state index is 0.223. The van der Waals surface area contributed by atoms with Crippen LogP contribution < -0.4 is 9.47 Å². The predicted molar refractivity (Wildman–Crippen MR) is 159 cm³/mol. The summed E-state index contributed by atoms with van der Waals surface area (Å²) in [5.41, 5.74) is 2.54. The van der Waals surface area contributed by atoms with E-state index in [9.17, 15) is 21.0 Å². The van der Waals surface area contributed by atoms with Gasteiger partial charge in [-0.25, -0.2) is 0 Å². The lowest BCUT2D eigenvalue weighted by molar-refractivity contribution is 0.478. The molecule has 6 rings (SSSR count). The highest BCUT2D eigenvalue weighted by atomic mass is 16.5. The summed E-state index contributed by atoms with van der Waals surface area (Å²) in [6.45, 7) is 0. The van der Waals surface area contributed by atoms with E-state index in [-0.39, 0.29) is 22.3 Å². The maximum atomic E-state index is 9.57. The molecule has 194 valence electrons. The van der Waals surface area contributed by atoms with Crippen molar-refractivity contribution >= 4 is 21.5 Å². The normalized spacial score (nSPS) is 10.3. The Bertz CT molecular complexity index is 2050. The van der Waals surface area contributed by atoms with Gasteiger partial charge in [0.25, 0.3) is 0 Å². The second-order valence-electron chi connectivity index (χ2n) is 9.39. The van der Waals surface area contributed by atoms with Crippen LogP contribution in [0.2, 0.25) is 0 Å². The lowest BCUT2D eigenvalue weighted by atomic mass is 9.92. The van der Waals surface area contributed by atoms with Crippen molar-refractivity contribution in [2.24, 2.45) is 0 Å². The number of hydrogen-bond acceptors (Lipinski definition) is 6. The Hall–Kier alpha value is -6.60. The maximum Gasteiger partial charge on any atom is 0.136 e. The van der Waals surface area contributed by atoms with Gasteiger partial charge in [0.2, 0.25) is 0 Å². The van der Waals surface area contributed by atoms with Gasteiger partial charge >= 0.3 is 0 Å². The van der Waals surface area contributed by atoms with E-state index >= 15 is 0 Å². The number of rotatable bonds is 5. The lowest BCUT2D eigenvalue weighted by Gasteiger charge is -2.20. The summed E-state index contributed by atoms with van der Waals surface area (Å²) < 4.78 is 12.9. The van der Waals surface area contributed by atoms with Gasteiger partial charge in [-0.2, -0.15) is 21.0 Å². The average molecular weight is 539 g/mol. The molecule has 0 amide bonds. The molecule has 0 N–H and O–H groups in total. The topological polar surface area (TPSA) is 114 Å². The molecule has 0 aliphatic heterocycles. The molecule has 6 nitrogen and oxygen atoms in total. The van der Waals surface area contributed by atoms with Crippen LogP contribution >= 0.6 is 0 Å². The van der Waals surface area contributed by atoms with Crippen molar-refractivity contribution in [1.29, 1.82) is 21.0 Å². The molecule has 0 spiro atoms. The molecule has 0 heterocycles. The van der Waals surface area contributed by atoms with Crippen LogP contribution in [0.5, 0.6) is 23.0 Å². The fourth-order valence-electron chi connectivity index (χ4n) is 5.00. The van der Waals surface area contributed by atoms with Crippen LogP contribution in [0.3, 0.4) is 0 Å². The zero-order valence-electron chi connectivity index (χ0n) is 22.0. The third kappa shape index (κ3) is 4.59. The van der Waals surface area contributed by atoms with E-state index in [1.807, 2.05) is 84.9 Å². The summed E-state index contributed by atoms with van der Waals surface area (Å²) in [5.74, 6) is 1.88. The summed E-state index contributed by atoms with van der Waals surface area (Å²) in [6.07, 6.45) is 0. The molecule has 0 bridgehead atoms. The largest absolute Gasteiger partial charge is 0.457 e. The van der Waals surface area contributed by atoms with Gasteiger partial charge in [-0.1, -0.05) is 60.7 Å². The zero-order chi connectivity index (χ0) is 29.1. The van der Waals surface area contributed by atoms with Crippen molar-refractivity contribution in [2.75, 3.05) is 0 Å². The first-order valence-electron chi connectivity index (χ1n) is 12.9. The summed E-state index contributed by atoms with van der Waals surface area (Å²) in [6, 6.07) is 41.4. The third-order valence-corrected chi connectivity index (χ3v) is 6.95. The molecule has 0 aliphatic carbocycles. The number of ether oxygens (including phenoxy) is 2. The maximum absolute atomic E-state index is 9.57. The Labute approximate surface area is 241 Å². The average Bonchev–Trinajstić information content (AvgIpc) is 3.04. The van der Waals surface area contributed by atoms with E-state index in [1.165, 1.54) is 0 Å². The Morgan fingerprint density at radius 3 is 1.21 bits per heavy atom. The van der Waals surface area contributed by atoms with Gasteiger partial charge in [-0.05, 0) is 70.1 Å². The van der Waals surface area contributed by atoms with Gasteiger partial charge in [0.05, 0.1) is 22.3 Å².